The van der Waals surface area contributed by atoms with E-state index >= 15 is 0 Å². The lowest BCUT2D eigenvalue weighted by atomic mass is 10.1. The van der Waals surface area contributed by atoms with Crippen LogP contribution < -0.4 is 5.43 Å². The molecule has 0 unspecified atom stereocenters. The number of benzene rings is 1. The number of aromatic nitrogens is 2. The zero-order valence-electron chi connectivity index (χ0n) is 12.4. The molecule has 1 aromatic carbocycles. The topological polar surface area (TPSA) is 55.2 Å². The monoisotopic (exact) mass is 325 g/mol. The molecule has 0 aliphatic carbocycles. The summed E-state index contributed by atoms with van der Waals surface area (Å²) in [6.45, 7) is 1.56. The third kappa shape index (κ3) is 2.55. The molecule has 1 aliphatic rings. The summed E-state index contributed by atoms with van der Waals surface area (Å²) in [5.41, 5.74) is 1.82. The summed E-state index contributed by atoms with van der Waals surface area (Å²) < 4.78 is 1.61. The molecular weight excluding hydrogens is 310 g/mol. The van der Waals surface area contributed by atoms with Crippen LogP contribution in [0.2, 0.25) is 0 Å². The molecule has 4 rings (SSSR count). The van der Waals surface area contributed by atoms with Gasteiger partial charge < -0.3 is 4.90 Å². The van der Waals surface area contributed by atoms with Gasteiger partial charge >= 0.3 is 0 Å². The van der Waals surface area contributed by atoms with Gasteiger partial charge in [-0.1, -0.05) is 12.1 Å². The Morgan fingerprint density at radius 3 is 3.04 bits per heavy atom. The van der Waals surface area contributed by atoms with Gasteiger partial charge in [-0.05, 0) is 35.6 Å². The number of carbonyl (C=O) groups excluding carboxylic acids is 1. The molecule has 116 valence electrons. The second-order valence-corrected chi connectivity index (χ2v) is 6.62. The normalized spacial score (nSPS) is 14.0. The highest BCUT2D eigenvalue weighted by Crippen LogP contribution is 2.24. The van der Waals surface area contributed by atoms with Crippen molar-refractivity contribution in [2.45, 2.75) is 19.5 Å². The van der Waals surface area contributed by atoms with Crippen LogP contribution in [0, 0.1) is 0 Å². The van der Waals surface area contributed by atoms with Gasteiger partial charge in [0.15, 0.2) is 0 Å². The highest BCUT2D eigenvalue weighted by molar-refractivity contribution is 7.10. The summed E-state index contributed by atoms with van der Waals surface area (Å²) >= 11 is 1.76. The first-order valence-electron chi connectivity index (χ1n) is 7.50. The van der Waals surface area contributed by atoms with E-state index < -0.39 is 0 Å². The Balaban J connectivity index is 1.60. The Bertz CT molecular complexity index is 944. The minimum absolute atomic E-state index is 0.0307. The summed E-state index contributed by atoms with van der Waals surface area (Å²) in [6, 6.07) is 9.34. The summed E-state index contributed by atoms with van der Waals surface area (Å²) in [7, 11) is 0. The molecule has 0 spiro atoms. The van der Waals surface area contributed by atoms with Crippen LogP contribution in [-0.4, -0.2) is 27.1 Å². The average Bonchev–Trinajstić information content (AvgIpc) is 3.05. The molecule has 5 nitrogen and oxygen atoms in total. The van der Waals surface area contributed by atoms with Gasteiger partial charge in [-0.25, -0.2) is 0 Å². The maximum Gasteiger partial charge on any atom is 0.244 e. The van der Waals surface area contributed by atoms with Crippen molar-refractivity contribution in [1.82, 2.24) is 14.7 Å². The third-order valence-corrected chi connectivity index (χ3v) is 5.23. The van der Waals surface area contributed by atoms with E-state index in [0.29, 0.717) is 17.4 Å². The first kappa shape index (κ1) is 14.1. The number of rotatable bonds is 2. The van der Waals surface area contributed by atoms with E-state index in [1.807, 2.05) is 23.1 Å². The standard InChI is InChI=1S/C17H15N3O2S/c21-15-9-18-20(14-4-2-1-3-13(14)15)11-17(22)19-7-5-16-12(10-19)6-8-23-16/h1-4,6,8-9H,5,7,10-11H2. The molecule has 0 N–H and O–H groups in total. The van der Waals surface area contributed by atoms with E-state index in [4.69, 9.17) is 0 Å². The number of amides is 1. The molecule has 0 saturated heterocycles. The van der Waals surface area contributed by atoms with Crippen LogP contribution in [0.4, 0.5) is 0 Å². The van der Waals surface area contributed by atoms with Gasteiger partial charge in [0, 0.05) is 23.4 Å². The van der Waals surface area contributed by atoms with Crippen molar-refractivity contribution in [2.24, 2.45) is 0 Å². The van der Waals surface area contributed by atoms with Crippen LogP contribution in [-0.2, 0) is 24.3 Å². The van der Waals surface area contributed by atoms with Gasteiger partial charge in [0.2, 0.25) is 11.3 Å². The first-order chi connectivity index (χ1) is 11.2. The predicted octanol–water partition coefficient (Wildman–Crippen LogP) is 2.04. The molecule has 3 heterocycles. The highest BCUT2D eigenvalue weighted by Gasteiger charge is 2.22. The van der Waals surface area contributed by atoms with E-state index in [9.17, 15) is 9.59 Å². The third-order valence-electron chi connectivity index (χ3n) is 4.21. The fourth-order valence-corrected chi connectivity index (χ4v) is 3.87. The SMILES string of the molecule is O=C(Cn1ncc(=O)c2ccccc21)N1CCc2sccc2C1. The largest absolute Gasteiger partial charge is 0.336 e. The number of thiophene rings is 1. The maximum absolute atomic E-state index is 12.6. The van der Waals surface area contributed by atoms with Gasteiger partial charge in [0.25, 0.3) is 0 Å². The van der Waals surface area contributed by atoms with Gasteiger partial charge in [0.05, 0.1) is 11.7 Å². The van der Waals surface area contributed by atoms with Crippen LogP contribution >= 0.6 is 11.3 Å². The van der Waals surface area contributed by atoms with Crippen molar-refractivity contribution >= 4 is 28.1 Å². The second-order valence-electron chi connectivity index (χ2n) is 5.62. The van der Waals surface area contributed by atoms with E-state index in [2.05, 4.69) is 16.5 Å². The van der Waals surface area contributed by atoms with Gasteiger partial charge in [-0.2, -0.15) is 5.10 Å². The number of hydrogen-bond donors (Lipinski definition) is 0. The van der Waals surface area contributed by atoms with Crippen molar-refractivity contribution in [3.8, 4) is 0 Å². The Morgan fingerprint density at radius 1 is 1.26 bits per heavy atom. The molecule has 0 atom stereocenters. The lowest BCUT2D eigenvalue weighted by molar-refractivity contribution is -0.132. The molecule has 1 aliphatic heterocycles. The summed E-state index contributed by atoms with van der Waals surface area (Å²) in [5.74, 6) is 0.0307. The van der Waals surface area contributed by atoms with E-state index in [1.165, 1.54) is 16.6 Å². The Hall–Kier alpha value is -2.47. The summed E-state index contributed by atoms with van der Waals surface area (Å²) in [4.78, 5) is 27.7. The van der Waals surface area contributed by atoms with Gasteiger partial charge in [-0.3, -0.25) is 14.3 Å². The number of hydrogen-bond acceptors (Lipinski definition) is 4. The van der Waals surface area contributed by atoms with E-state index in [1.54, 1.807) is 22.1 Å². The van der Waals surface area contributed by atoms with Crippen molar-refractivity contribution in [2.75, 3.05) is 6.54 Å². The molecule has 1 amide bonds. The highest BCUT2D eigenvalue weighted by atomic mass is 32.1. The van der Waals surface area contributed by atoms with E-state index in [-0.39, 0.29) is 17.9 Å². The molecule has 3 aromatic rings. The van der Waals surface area contributed by atoms with Crippen molar-refractivity contribution in [3.05, 3.63) is 62.6 Å². The molecule has 0 fully saturated rings. The molecule has 6 heteroatoms. The fourth-order valence-electron chi connectivity index (χ4n) is 2.98. The number of nitrogens with zero attached hydrogens (tertiary/aromatic N) is 3. The van der Waals surface area contributed by atoms with Gasteiger partial charge in [-0.15, -0.1) is 11.3 Å². The van der Waals surface area contributed by atoms with Crippen molar-refractivity contribution < 1.29 is 4.79 Å². The molecule has 23 heavy (non-hydrogen) atoms. The first-order valence-corrected chi connectivity index (χ1v) is 8.38. The predicted molar refractivity (Wildman–Crippen MR) is 89.4 cm³/mol. The number of para-hydroxylation sites is 1. The lowest BCUT2D eigenvalue weighted by Crippen LogP contribution is -2.38. The van der Waals surface area contributed by atoms with Crippen LogP contribution in [0.3, 0.4) is 0 Å². The smallest absolute Gasteiger partial charge is 0.244 e. The lowest BCUT2D eigenvalue weighted by Gasteiger charge is -2.27. The molecule has 0 bridgehead atoms. The fraction of sp³-hybridized carbons (Fsp3) is 0.235. The van der Waals surface area contributed by atoms with Crippen LogP contribution in [0.1, 0.15) is 10.4 Å². The van der Waals surface area contributed by atoms with Crippen molar-refractivity contribution in [1.29, 1.82) is 0 Å². The van der Waals surface area contributed by atoms with Crippen LogP contribution in [0.5, 0.6) is 0 Å². The number of carbonyl (C=O) groups is 1. The van der Waals surface area contributed by atoms with Crippen LogP contribution in [0.25, 0.3) is 10.9 Å². The van der Waals surface area contributed by atoms with Crippen molar-refractivity contribution in [3.63, 3.8) is 0 Å². The zero-order chi connectivity index (χ0) is 15.8. The molecule has 0 saturated carbocycles. The number of fused-ring (bicyclic) bond motifs is 2. The van der Waals surface area contributed by atoms with Crippen LogP contribution in [0.15, 0.2) is 46.7 Å². The Kier molecular flexibility index (Phi) is 3.46. The summed E-state index contributed by atoms with van der Waals surface area (Å²) in [6.07, 6.45) is 2.19. The minimum atomic E-state index is -0.120. The second kappa shape index (κ2) is 5.62. The molecule has 2 aromatic heterocycles. The van der Waals surface area contributed by atoms with E-state index in [0.717, 1.165) is 13.0 Å². The van der Waals surface area contributed by atoms with Gasteiger partial charge in [0.1, 0.15) is 6.54 Å². The quantitative estimate of drug-likeness (QED) is 0.724. The minimum Gasteiger partial charge on any atom is -0.336 e. The maximum atomic E-state index is 12.6. The summed E-state index contributed by atoms with van der Waals surface area (Å²) in [5, 5.41) is 6.80. The average molecular weight is 325 g/mol. The zero-order valence-corrected chi connectivity index (χ0v) is 13.3. The molecule has 0 radical (unpaired) electrons. The Morgan fingerprint density at radius 2 is 2.13 bits per heavy atom. The Labute approximate surface area is 136 Å². The molecular formula is C17H15N3O2S.